The lowest BCUT2D eigenvalue weighted by molar-refractivity contribution is -0.119. The molecule has 2 amide bonds. The first-order chi connectivity index (χ1) is 14.4. The van der Waals surface area contributed by atoms with Crippen molar-refractivity contribution in [3.8, 4) is 0 Å². The summed E-state index contributed by atoms with van der Waals surface area (Å²) in [5, 5.41) is 6.46. The summed E-state index contributed by atoms with van der Waals surface area (Å²) in [5.74, 6) is -0.279. The van der Waals surface area contributed by atoms with E-state index in [9.17, 15) is 9.59 Å². The molecule has 5 nitrogen and oxygen atoms in total. The van der Waals surface area contributed by atoms with Crippen LogP contribution in [0.25, 0.3) is 0 Å². The van der Waals surface area contributed by atoms with Crippen LogP contribution >= 0.6 is 23.8 Å². The van der Waals surface area contributed by atoms with Gasteiger partial charge in [-0.15, -0.1) is 0 Å². The molecule has 2 N–H and O–H groups in total. The van der Waals surface area contributed by atoms with Crippen molar-refractivity contribution < 1.29 is 9.59 Å². The first kappa shape index (κ1) is 22.2. The summed E-state index contributed by atoms with van der Waals surface area (Å²) in [6.45, 7) is 0. The maximum Gasteiger partial charge on any atom is 0.255 e. The summed E-state index contributed by atoms with van der Waals surface area (Å²) in [4.78, 5) is 27.2. The Bertz CT molecular complexity index is 911. The van der Waals surface area contributed by atoms with Crippen LogP contribution in [-0.4, -0.2) is 34.9 Å². The van der Waals surface area contributed by atoms with E-state index in [1.807, 2.05) is 24.1 Å². The summed E-state index contributed by atoms with van der Waals surface area (Å²) in [6, 6.07) is 14.6. The number of para-hydroxylation sites is 1. The number of amides is 2. The van der Waals surface area contributed by atoms with Crippen LogP contribution in [0.1, 0.15) is 48.0 Å². The highest BCUT2D eigenvalue weighted by Gasteiger charge is 2.24. The van der Waals surface area contributed by atoms with Gasteiger partial charge in [-0.1, -0.05) is 55.1 Å². The maximum atomic E-state index is 13.1. The molecule has 0 unspecified atom stereocenters. The van der Waals surface area contributed by atoms with E-state index in [-0.39, 0.29) is 29.4 Å². The average Bonchev–Trinajstić information content (AvgIpc) is 2.75. The third kappa shape index (κ3) is 6.03. The van der Waals surface area contributed by atoms with Crippen molar-refractivity contribution in [3.63, 3.8) is 0 Å². The molecule has 7 heteroatoms. The zero-order valence-electron chi connectivity index (χ0n) is 17.0. The lowest BCUT2D eigenvalue weighted by Gasteiger charge is -2.31. The van der Waals surface area contributed by atoms with Crippen molar-refractivity contribution in [1.82, 2.24) is 10.2 Å². The number of hydrogen-bond donors (Lipinski definition) is 2. The molecule has 0 aromatic heterocycles. The van der Waals surface area contributed by atoms with Crippen molar-refractivity contribution in [1.29, 1.82) is 0 Å². The average molecular weight is 444 g/mol. The van der Waals surface area contributed by atoms with Gasteiger partial charge in [-0.2, -0.15) is 0 Å². The molecular formula is C23H26ClN3O2S. The monoisotopic (exact) mass is 443 g/mol. The van der Waals surface area contributed by atoms with E-state index in [0.717, 1.165) is 31.2 Å². The van der Waals surface area contributed by atoms with E-state index in [2.05, 4.69) is 10.6 Å². The van der Waals surface area contributed by atoms with Crippen molar-refractivity contribution in [3.05, 3.63) is 64.7 Å². The third-order valence-corrected chi connectivity index (χ3v) is 5.84. The van der Waals surface area contributed by atoms with Gasteiger partial charge < -0.3 is 15.5 Å². The van der Waals surface area contributed by atoms with Crippen LogP contribution in [0.4, 0.5) is 5.69 Å². The molecule has 0 saturated heterocycles. The minimum Gasteiger partial charge on any atom is -0.339 e. The summed E-state index contributed by atoms with van der Waals surface area (Å²) in [6.07, 6.45) is 5.82. The van der Waals surface area contributed by atoms with Crippen LogP contribution in [0.5, 0.6) is 0 Å². The second kappa shape index (κ2) is 10.5. The minimum absolute atomic E-state index is 0.0414. The maximum absolute atomic E-state index is 13.1. The van der Waals surface area contributed by atoms with Gasteiger partial charge in [-0.05, 0) is 54.9 Å². The number of thiocarbonyl (C=S) groups is 1. The van der Waals surface area contributed by atoms with Crippen LogP contribution in [0.2, 0.25) is 5.02 Å². The molecular weight excluding hydrogens is 418 g/mol. The predicted molar refractivity (Wildman–Crippen MR) is 125 cm³/mol. The van der Waals surface area contributed by atoms with Crippen LogP contribution in [-0.2, 0) is 11.2 Å². The minimum atomic E-state index is -0.238. The fourth-order valence-electron chi connectivity index (χ4n) is 3.71. The molecule has 0 radical (unpaired) electrons. The zero-order valence-corrected chi connectivity index (χ0v) is 18.6. The predicted octanol–water partition coefficient (Wildman–Crippen LogP) is 4.80. The molecule has 1 aliphatic rings. The van der Waals surface area contributed by atoms with Gasteiger partial charge in [0.15, 0.2) is 5.11 Å². The molecule has 0 aliphatic heterocycles. The lowest BCUT2D eigenvalue weighted by Crippen LogP contribution is -2.39. The first-order valence-electron chi connectivity index (χ1n) is 10.2. The Balaban J connectivity index is 1.62. The Morgan fingerprint density at radius 1 is 1.07 bits per heavy atom. The molecule has 0 heterocycles. The topological polar surface area (TPSA) is 61.4 Å². The van der Waals surface area contributed by atoms with E-state index in [1.54, 1.807) is 36.4 Å². The number of carbonyl (C=O) groups excluding carboxylic acids is 2. The van der Waals surface area contributed by atoms with Gasteiger partial charge >= 0.3 is 0 Å². The van der Waals surface area contributed by atoms with Gasteiger partial charge in [-0.25, -0.2) is 0 Å². The number of benzene rings is 2. The summed E-state index contributed by atoms with van der Waals surface area (Å²) in [7, 11) is 1.86. The van der Waals surface area contributed by atoms with Crippen LogP contribution in [0.3, 0.4) is 0 Å². The van der Waals surface area contributed by atoms with E-state index >= 15 is 0 Å². The van der Waals surface area contributed by atoms with Gasteiger partial charge in [0.05, 0.1) is 17.7 Å². The van der Waals surface area contributed by atoms with E-state index in [0.29, 0.717) is 16.3 Å². The molecule has 2 aromatic rings. The fourth-order valence-corrected chi connectivity index (χ4v) is 4.06. The highest BCUT2D eigenvalue weighted by Crippen LogP contribution is 2.25. The number of hydrogen-bond acceptors (Lipinski definition) is 3. The Hall–Kier alpha value is -2.44. The molecule has 158 valence electrons. The standard InChI is InChI=1S/C23H26ClN3O2S/c1-27(18-7-3-2-4-8-18)22(29)19-9-5-6-10-20(19)25-23(30)26-21(28)15-16-11-13-17(24)14-12-16/h5-6,9-14,18H,2-4,7-8,15H2,1H3,(H2,25,26,28,30). The molecule has 0 bridgehead atoms. The molecule has 3 rings (SSSR count). The van der Waals surface area contributed by atoms with Crippen molar-refractivity contribution in [2.45, 2.75) is 44.6 Å². The molecule has 1 saturated carbocycles. The van der Waals surface area contributed by atoms with Crippen molar-refractivity contribution in [2.24, 2.45) is 0 Å². The van der Waals surface area contributed by atoms with E-state index in [4.69, 9.17) is 23.8 Å². The number of nitrogens with zero attached hydrogens (tertiary/aromatic N) is 1. The van der Waals surface area contributed by atoms with Crippen molar-refractivity contribution >= 4 is 46.4 Å². The fraction of sp³-hybridized carbons (Fsp3) is 0.348. The Kier molecular flexibility index (Phi) is 7.82. The normalized spacial score (nSPS) is 14.1. The molecule has 1 fully saturated rings. The Morgan fingerprint density at radius 2 is 1.73 bits per heavy atom. The second-order valence-corrected chi connectivity index (χ2v) is 8.40. The van der Waals surface area contributed by atoms with Crippen LogP contribution < -0.4 is 10.6 Å². The molecule has 30 heavy (non-hydrogen) atoms. The number of halogens is 1. The quantitative estimate of drug-likeness (QED) is 0.651. The highest BCUT2D eigenvalue weighted by molar-refractivity contribution is 7.80. The van der Waals surface area contributed by atoms with E-state index in [1.165, 1.54) is 6.42 Å². The number of nitrogens with one attached hydrogen (secondary N) is 2. The summed E-state index contributed by atoms with van der Waals surface area (Å²) < 4.78 is 0. The van der Waals surface area contributed by atoms with Crippen LogP contribution in [0.15, 0.2) is 48.5 Å². The van der Waals surface area contributed by atoms with E-state index < -0.39 is 0 Å². The summed E-state index contributed by atoms with van der Waals surface area (Å²) >= 11 is 11.2. The second-order valence-electron chi connectivity index (χ2n) is 7.56. The highest BCUT2D eigenvalue weighted by atomic mass is 35.5. The molecule has 1 aliphatic carbocycles. The first-order valence-corrected chi connectivity index (χ1v) is 10.9. The van der Waals surface area contributed by atoms with Gasteiger partial charge in [0.2, 0.25) is 5.91 Å². The molecule has 0 spiro atoms. The smallest absolute Gasteiger partial charge is 0.255 e. The Labute approximate surface area is 187 Å². The molecule has 0 atom stereocenters. The zero-order chi connectivity index (χ0) is 21.5. The van der Waals surface area contributed by atoms with Gasteiger partial charge in [0, 0.05) is 18.1 Å². The third-order valence-electron chi connectivity index (χ3n) is 5.38. The van der Waals surface area contributed by atoms with Gasteiger partial charge in [0.1, 0.15) is 0 Å². The van der Waals surface area contributed by atoms with Crippen LogP contribution in [0, 0.1) is 0 Å². The number of carbonyl (C=O) groups is 2. The molecule has 2 aromatic carbocycles. The van der Waals surface area contributed by atoms with Gasteiger partial charge in [0.25, 0.3) is 5.91 Å². The van der Waals surface area contributed by atoms with Gasteiger partial charge in [-0.3, -0.25) is 9.59 Å². The van der Waals surface area contributed by atoms with Crippen molar-refractivity contribution in [2.75, 3.05) is 12.4 Å². The SMILES string of the molecule is CN(C(=O)c1ccccc1NC(=S)NC(=O)Cc1ccc(Cl)cc1)C1CCCCC1. The number of rotatable bonds is 5. The number of anilines is 1. The Morgan fingerprint density at radius 3 is 2.43 bits per heavy atom. The summed E-state index contributed by atoms with van der Waals surface area (Å²) in [5.41, 5.74) is 1.96. The lowest BCUT2D eigenvalue weighted by atomic mass is 9.94. The largest absolute Gasteiger partial charge is 0.339 e.